The highest BCUT2D eigenvalue weighted by Gasteiger charge is 2.39. The molecule has 1 amide bonds. The number of rotatable bonds is 4. The number of likely N-dealkylation sites (tertiary alicyclic amines) is 1. The third-order valence-electron chi connectivity index (χ3n) is 3.68. The first kappa shape index (κ1) is 18.8. The van der Waals surface area contributed by atoms with Crippen molar-refractivity contribution >= 4 is 18.0 Å². The molecular formula is C18H23NO6. The van der Waals surface area contributed by atoms with Crippen molar-refractivity contribution < 1.29 is 28.6 Å². The van der Waals surface area contributed by atoms with E-state index in [-0.39, 0.29) is 12.6 Å². The number of hydrogen-bond acceptors (Lipinski definition) is 6. The first-order valence-corrected chi connectivity index (χ1v) is 8.28. The number of carbonyl (C=O) groups is 3. The summed E-state index contributed by atoms with van der Waals surface area (Å²) in [5.74, 6) is -0.549. The summed E-state index contributed by atoms with van der Waals surface area (Å²) in [6.45, 7) is 4.86. The SMILES string of the molecule is CC(=O)O[C@@H]1CC[C@@H](C(=O)Oc2ccccc2)N(C(=O)OC(C)C)C1. The standard InChI is InChI=1S/C18H23NO6/c1-12(2)23-18(22)19-11-15(24-13(3)20)9-10-16(19)17(21)25-14-7-5-4-6-8-14/h4-8,12,15-16H,9-11H2,1-3H3/t15-,16+/m1/s1. The maximum absolute atomic E-state index is 12.5. The summed E-state index contributed by atoms with van der Waals surface area (Å²) in [6.07, 6.45) is -0.608. The monoisotopic (exact) mass is 349 g/mol. The lowest BCUT2D eigenvalue weighted by Gasteiger charge is -2.37. The van der Waals surface area contributed by atoms with Crippen molar-refractivity contribution in [1.29, 1.82) is 0 Å². The normalized spacial score (nSPS) is 20.1. The van der Waals surface area contributed by atoms with Crippen molar-refractivity contribution in [2.24, 2.45) is 0 Å². The minimum Gasteiger partial charge on any atom is -0.461 e. The highest BCUT2D eigenvalue weighted by Crippen LogP contribution is 2.23. The maximum atomic E-state index is 12.5. The fraction of sp³-hybridized carbons (Fsp3) is 0.500. The predicted octanol–water partition coefficient (Wildman–Crippen LogP) is 2.53. The van der Waals surface area contributed by atoms with E-state index in [4.69, 9.17) is 14.2 Å². The van der Waals surface area contributed by atoms with Crippen LogP contribution in [0.15, 0.2) is 30.3 Å². The van der Waals surface area contributed by atoms with E-state index >= 15 is 0 Å². The maximum Gasteiger partial charge on any atom is 0.410 e. The fourth-order valence-electron chi connectivity index (χ4n) is 2.66. The van der Waals surface area contributed by atoms with E-state index in [1.807, 2.05) is 6.07 Å². The molecule has 0 N–H and O–H groups in total. The van der Waals surface area contributed by atoms with Crippen LogP contribution in [0.3, 0.4) is 0 Å². The van der Waals surface area contributed by atoms with Crippen molar-refractivity contribution in [3.05, 3.63) is 30.3 Å². The van der Waals surface area contributed by atoms with Crippen LogP contribution < -0.4 is 4.74 Å². The number of esters is 2. The third kappa shape index (κ3) is 5.48. The Labute approximate surface area is 146 Å². The average molecular weight is 349 g/mol. The van der Waals surface area contributed by atoms with Gasteiger partial charge < -0.3 is 14.2 Å². The van der Waals surface area contributed by atoms with Gasteiger partial charge in [0.1, 0.15) is 17.9 Å². The van der Waals surface area contributed by atoms with E-state index in [0.717, 1.165) is 0 Å². The molecule has 1 fully saturated rings. The van der Waals surface area contributed by atoms with Crippen LogP contribution in [0, 0.1) is 0 Å². The number of nitrogens with zero attached hydrogens (tertiary/aromatic N) is 1. The van der Waals surface area contributed by atoms with Crippen LogP contribution in [0.2, 0.25) is 0 Å². The van der Waals surface area contributed by atoms with Crippen LogP contribution in [-0.2, 0) is 19.1 Å². The lowest BCUT2D eigenvalue weighted by Crippen LogP contribution is -2.54. The Hall–Kier alpha value is -2.57. The van der Waals surface area contributed by atoms with Gasteiger partial charge in [-0.25, -0.2) is 9.59 Å². The van der Waals surface area contributed by atoms with Gasteiger partial charge in [0.2, 0.25) is 0 Å². The molecule has 0 saturated carbocycles. The quantitative estimate of drug-likeness (QED) is 0.614. The lowest BCUT2D eigenvalue weighted by atomic mass is 10.0. The van der Waals surface area contributed by atoms with Crippen molar-refractivity contribution in [2.45, 2.75) is 51.9 Å². The zero-order chi connectivity index (χ0) is 18.4. The smallest absolute Gasteiger partial charge is 0.410 e. The van der Waals surface area contributed by atoms with Gasteiger partial charge in [0.15, 0.2) is 0 Å². The van der Waals surface area contributed by atoms with Gasteiger partial charge in [-0.1, -0.05) is 18.2 Å². The number of carbonyl (C=O) groups excluding carboxylic acids is 3. The number of piperidine rings is 1. The first-order chi connectivity index (χ1) is 11.9. The summed E-state index contributed by atoms with van der Waals surface area (Å²) >= 11 is 0. The van der Waals surface area contributed by atoms with Crippen LogP contribution in [0.25, 0.3) is 0 Å². The van der Waals surface area contributed by atoms with Gasteiger partial charge in [0, 0.05) is 6.92 Å². The molecule has 0 aliphatic carbocycles. The van der Waals surface area contributed by atoms with E-state index in [1.165, 1.54) is 11.8 Å². The lowest BCUT2D eigenvalue weighted by molar-refractivity contribution is -0.152. The Morgan fingerprint density at radius 1 is 1.12 bits per heavy atom. The van der Waals surface area contributed by atoms with Crippen LogP contribution in [0.5, 0.6) is 5.75 Å². The van der Waals surface area contributed by atoms with E-state index in [2.05, 4.69) is 0 Å². The van der Waals surface area contributed by atoms with Crippen LogP contribution in [0.4, 0.5) is 4.79 Å². The third-order valence-corrected chi connectivity index (χ3v) is 3.68. The Bertz CT molecular complexity index is 615. The molecule has 1 aliphatic rings. The van der Waals surface area contributed by atoms with E-state index < -0.39 is 30.2 Å². The minimum atomic E-state index is -0.779. The van der Waals surface area contributed by atoms with Crippen LogP contribution >= 0.6 is 0 Å². The molecule has 1 aliphatic heterocycles. The van der Waals surface area contributed by atoms with Gasteiger partial charge in [-0.3, -0.25) is 9.69 Å². The average Bonchev–Trinajstić information content (AvgIpc) is 2.54. The molecule has 0 bridgehead atoms. The van der Waals surface area contributed by atoms with Crippen LogP contribution in [0.1, 0.15) is 33.6 Å². The van der Waals surface area contributed by atoms with Gasteiger partial charge >= 0.3 is 18.0 Å². The molecule has 0 spiro atoms. The van der Waals surface area contributed by atoms with Crippen molar-refractivity contribution in [2.75, 3.05) is 6.54 Å². The Morgan fingerprint density at radius 3 is 2.40 bits per heavy atom. The van der Waals surface area contributed by atoms with Crippen molar-refractivity contribution in [1.82, 2.24) is 4.90 Å². The molecule has 2 rings (SSSR count). The fourth-order valence-corrected chi connectivity index (χ4v) is 2.66. The largest absolute Gasteiger partial charge is 0.461 e. The molecule has 1 aromatic carbocycles. The Balaban J connectivity index is 2.11. The number of ether oxygens (including phenoxy) is 3. The molecule has 7 heteroatoms. The van der Waals surface area contributed by atoms with Gasteiger partial charge in [-0.05, 0) is 38.8 Å². The summed E-state index contributed by atoms with van der Waals surface area (Å²) in [7, 11) is 0. The molecule has 0 radical (unpaired) electrons. The van der Waals surface area contributed by atoms with Crippen molar-refractivity contribution in [3.8, 4) is 5.75 Å². The molecular weight excluding hydrogens is 326 g/mol. The number of para-hydroxylation sites is 1. The van der Waals surface area contributed by atoms with Gasteiger partial charge in [-0.15, -0.1) is 0 Å². The molecule has 1 aromatic rings. The van der Waals surface area contributed by atoms with Gasteiger partial charge in [0.05, 0.1) is 12.6 Å². The highest BCUT2D eigenvalue weighted by molar-refractivity contribution is 5.83. The molecule has 1 heterocycles. The Morgan fingerprint density at radius 2 is 1.80 bits per heavy atom. The topological polar surface area (TPSA) is 82.1 Å². The summed E-state index contributed by atoms with van der Waals surface area (Å²) in [4.78, 5) is 37.3. The Kier molecular flexibility index (Phi) is 6.38. The second-order valence-electron chi connectivity index (χ2n) is 6.14. The summed E-state index contributed by atoms with van der Waals surface area (Å²) in [5, 5.41) is 0. The summed E-state index contributed by atoms with van der Waals surface area (Å²) in [6, 6.07) is 7.88. The summed E-state index contributed by atoms with van der Waals surface area (Å²) in [5.41, 5.74) is 0. The van der Waals surface area contributed by atoms with Gasteiger partial charge in [-0.2, -0.15) is 0 Å². The van der Waals surface area contributed by atoms with E-state index in [1.54, 1.807) is 38.1 Å². The van der Waals surface area contributed by atoms with E-state index in [0.29, 0.717) is 18.6 Å². The molecule has 0 aromatic heterocycles. The zero-order valence-corrected chi connectivity index (χ0v) is 14.6. The molecule has 2 atom stereocenters. The zero-order valence-electron chi connectivity index (χ0n) is 14.6. The second kappa shape index (κ2) is 8.50. The van der Waals surface area contributed by atoms with Crippen molar-refractivity contribution in [3.63, 3.8) is 0 Å². The van der Waals surface area contributed by atoms with E-state index in [9.17, 15) is 14.4 Å². The van der Waals surface area contributed by atoms with Crippen LogP contribution in [-0.4, -0.2) is 47.7 Å². The first-order valence-electron chi connectivity index (χ1n) is 8.28. The molecule has 25 heavy (non-hydrogen) atoms. The molecule has 136 valence electrons. The molecule has 0 unspecified atom stereocenters. The predicted molar refractivity (Wildman–Crippen MR) is 89.0 cm³/mol. The minimum absolute atomic E-state index is 0.0969. The van der Waals surface area contributed by atoms with Gasteiger partial charge in [0.25, 0.3) is 0 Å². The number of amides is 1. The summed E-state index contributed by atoms with van der Waals surface area (Å²) < 4.78 is 15.8. The highest BCUT2D eigenvalue weighted by atomic mass is 16.6. The molecule has 1 saturated heterocycles. The second-order valence-corrected chi connectivity index (χ2v) is 6.14. The number of hydrogen-bond donors (Lipinski definition) is 0. The molecule has 7 nitrogen and oxygen atoms in total. The number of benzene rings is 1.